The topological polar surface area (TPSA) is 105 Å². The first-order valence-corrected chi connectivity index (χ1v) is 14.9. The van der Waals surface area contributed by atoms with Gasteiger partial charge in [0.15, 0.2) is 0 Å². The molecule has 0 aromatic heterocycles. The van der Waals surface area contributed by atoms with Gasteiger partial charge >= 0.3 is 0 Å². The summed E-state index contributed by atoms with van der Waals surface area (Å²) in [7, 11) is -1.51. The zero-order chi connectivity index (χ0) is 31.0. The van der Waals surface area contributed by atoms with Crippen LogP contribution in [0.3, 0.4) is 0 Å². The molecule has 0 spiro atoms. The van der Waals surface area contributed by atoms with Gasteiger partial charge in [-0.25, -0.2) is 12.8 Å². The van der Waals surface area contributed by atoms with Crippen molar-refractivity contribution in [3.63, 3.8) is 0 Å². The molecule has 9 nitrogen and oxygen atoms in total. The number of nitrogens with one attached hydrogen (secondary N) is 1. The summed E-state index contributed by atoms with van der Waals surface area (Å²) in [5, 5.41) is 2.80. The van der Waals surface area contributed by atoms with Crippen LogP contribution in [0.25, 0.3) is 0 Å². The van der Waals surface area contributed by atoms with Crippen molar-refractivity contribution in [2.75, 3.05) is 31.6 Å². The first kappa shape index (κ1) is 32.4. The molecule has 0 saturated carbocycles. The Balaban J connectivity index is 2.12. The van der Waals surface area contributed by atoms with Gasteiger partial charge in [-0.1, -0.05) is 49.7 Å². The number of hydrogen-bond donors (Lipinski definition) is 1. The van der Waals surface area contributed by atoms with Crippen molar-refractivity contribution in [2.24, 2.45) is 5.92 Å². The van der Waals surface area contributed by atoms with Crippen LogP contribution in [0.1, 0.15) is 31.9 Å². The molecule has 3 aromatic rings. The molecule has 0 saturated heterocycles. The maximum Gasteiger partial charge on any atom is 0.264 e. The van der Waals surface area contributed by atoms with Crippen molar-refractivity contribution in [2.45, 2.75) is 45.2 Å². The molecule has 0 fully saturated rings. The number of hydrogen-bond acceptors (Lipinski definition) is 6. The number of anilines is 1. The minimum absolute atomic E-state index is 0.0471. The standard InChI is InChI=1S/C31H38FN3O6S/c1-21(2)18-33-31(37)23(4)34(19-24-9-7-8-10-27(24)32)30(36)20-35(28-17-25(40-5)13-16-29(28)41-6)42(38,39)26-14-11-22(3)12-15-26/h7-17,21,23H,18-20H2,1-6H3,(H,33,37)/t23-/m0/s1. The molecule has 226 valence electrons. The van der Waals surface area contributed by atoms with E-state index in [1.165, 1.54) is 68.5 Å². The van der Waals surface area contributed by atoms with Gasteiger partial charge in [0.1, 0.15) is 29.9 Å². The van der Waals surface area contributed by atoms with Crippen molar-refractivity contribution in [1.82, 2.24) is 10.2 Å². The average Bonchev–Trinajstić information content (AvgIpc) is 2.97. The summed E-state index contributed by atoms with van der Waals surface area (Å²) < 4.78 is 54.6. The van der Waals surface area contributed by atoms with E-state index in [0.717, 1.165) is 9.87 Å². The highest BCUT2D eigenvalue weighted by atomic mass is 32.2. The molecule has 42 heavy (non-hydrogen) atoms. The van der Waals surface area contributed by atoms with Crippen molar-refractivity contribution in [1.29, 1.82) is 0 Å². The number of rotatable bonds is 13. The molecule has 11 heteroatoms. The number of halogens is 1. The van der Waals surface area contributed by atoms with E-state index < -0.39 is 40.2 Å². The summed E-state index contributed by atoms with van der Waals surface area (Å²) in [5.41, 5.74) is 1.10. The third kappa shape index (κ3) is 7.79. The Hall–Kier alpha value is -4.12. The van der Waals surface area contributed by atoms with Crippen LogP contribution < -0.4 is 19.1 Å². The minimum atomic E-state index is -4.33. The second kappa shape index (κ2) is 14.2. The number of sulfonamides is 1. The largest absolute Gasteiger partial charge is 0.497 e. The fourth-order valence-corrected chi connectivity index (χ4v) is 5.60. The fraction of sp³-hybridized carbons (Fsp3) is 0.355. The number of methoxy groups -OCH3 is 2. The number of aryl methyl sites for hydroxylation is 1. The minimum Gasteiger partial charge on any atom is -0.497 e. The highest BCUT2D eigenvalue weighted by Gasteiger charge is 2.34. The maximum atomic E-state index is 14.7. The molecule has 0 aliphatic carbocycles. The van der Waals surface area contributed by atoms with Gasteiger partial charge in [-0.05, 0) is 50.1 Å². The molecule has 2 amide bonds. The van der Waals surface area contributed by atoms with Crippen LogP contribution in [0.2, 0.25) is 0 Å². The lowest BCUT2D eigenvalue weighted by Gasteiger charge is -2.32. The molecule has 0 aliphatic heterocycles. The molecule has 0 heterocycles. The second-order valence-corrected chi connectivity index (χ2v) is 12.2. The molecule has 3 aromatic carbocycles. The number of ether oxygens (including phenoxy) is 2. The average molecular weight is 600 g/mol. The van der Waals surface area contributed by atoms with Crippen LogP contribution >= 0.6 is 0 Å². The second-order valence-electron chi connectivity index (χ2n) is 10.3. The summed E-state index contributed by atoms with van der Waals surface area (Å²) in [5.74, 6) is -1.03. The highest BCUT2D eigenvalue weighted by Crippen LogP contribution is 2.36. The Morgan fingerprint density at radius 2 is 1.62 bits per heavy atom. The number of carbonyl (C=O) groups is 2. The highest BCUT2D eigenvalue weighted by molar-refractivity contribution is 7.92. The van der Waals surface area contributed by atoms with Gasteiger partial charge < -0.3 is 19.7 Å². The molecular weight excluding hydrogens is 561 g/mol. The van der Waals surface area contributed by atoms with Crippen LogP contribution in [0.5, 0.6) is 11.5 Å². The summed E-state index contributed by atoms with van der Waals surface area (Å²) in [6.07, 6.45) is 0. The summed E-state index contributed by atoms with van der Waals surface area (Å²) in [4.78, 5) is 28.3. The Bertz CT molecular complexity index is 1490. The van der Waals surface area contributed by atoms with Crippen LogP contribution in [-0.2, 0) is 26.2 Å². The first-order chi connectivity index (χ1) is 19.9. The summed E-state index contributed by atoms with van der Waals surface area (Å²) in [6, 6.07) is 15.7. The molecule has 0 unspecified atom stereocenters. The van der Waals surface area contributed by atoms with E-state index in [1.807, 2.05) is 20.8 Å². The lowest BCUT2D eigenvalue weighted by Crippen LogP contribution is -2.51. The van der Waals surface area contributed by atoms with Gasteiger partial charge in [-0.2, -0.15) is 0 Å². The van der Waals surface area contributed by atoms with Crippen molar-refractivity contribution in [3.8, 4) is 11.5 Å². The van der Waals surface area contributed by atoms with Gasteiger partial charge in [-0.3, -0.25) is 13.9 Å². The summed E-state index contributed by atoms with van der Waals surface area (Å²) >= 11 is 0. The van der Waals surface area contributed by atoms with E-state index in [2.05, 4.69) is 5.32 Å². The number of amides is 2. The van der Waals surface area contributed by atoms with Gasteiger partial charge in [0, 0.05) is 24.7 Å². The predicted octanol–water partition coefficient (Wildman–Crippen LogP) is 4.54. The molecule has 0 bridgehead atoms. The molecule has 3 rings (SSSR count). The van der Waals surface area contributed by atoms with Crippen LogP contribution in [0, 0.1) is 18.7 Å². The molecular formula is C31H38FN3O6S. The first-order valence-electron chi connectivity index (χ1n) is 13.5. The van der Waals surface area contributed by atoms with Crippen molar-refractivity contribution >= 4 is 27.5 Å². The van der Waals surface area contributed by atoms with Crippen molar-refractivity contribution in [3.05, 3.63) is 83.7 Å². The Morgan fingerprint density at radius 1 is 0.952 bits per heavy atom. The lowest BCUT2D eigenvalue weighted by molar-refractivity contribution is -0.139. The Kier molecular flexibility index (Phi) is 10.9. The number of benzene rings is 3. The van der Waals surface area contributed by atoms with Gasteiger partial charge in [0.25, 0.3) is 10.0 Å². The monoisotopic (exact) mass is 599 g/mol. The van der Waals surface area contributed by atoms with Crippen molar-refractivity contribution < 1.29 is 31.9 Å². The quantitative estimate of drug-likeness (QED) is 0.310. The zero-order valence-electron chi connectivity index (χ0n) is 24.8. The number of nitrogens with zero attached hydrogens (tertiary/aromatic N) is 2. The van der Waals surface area contributed by atoms with Gasteiger partial charge in [0.05, 0.1) is 24.8 Å². The lowest BCUT2D eigenvalue weighted by atomic mass is 10.1. The number of carbonyl (C=O) groups excluding carboxylic acids is 2. The van der Waals surface area contributed by atoms with Crippen LogP contribution in [-0.4, -0.2) is 58.5 Å². The third-order valence-electron chi connectivity index (χ3n) is 6.69. The normalized spacial score (nSPS) is 12.0. The predicted molar refractivity (Wildman–Crippen MR) is 160 cm³/mol. The van der Waals surface area contributed by atoms with Crippen LogP contribution in [0.4, 0.5) is 10.1 Å². The molecule has 0 aliphatic rings. The van der Waals surface area contributed by atoms with E-state index in [0.29, 0.717) is 12.3 Å². The fourth-order valence-electron chi connectivity index (χ4n) is 4.19. The van der Waals surface area contributed by atoms with E-state index in [4.69, 9.17) is 9.47 Å². The molecule has 1 N–H and O–H groups in total. The Morgan fingerprint density at radius 3 is 2.21 bits per heavy atom. The third-order valence-corrected chi connectivity index (χ3v) is 8.47. The summed E-state index contributed by atoms with van der Waals surface area (Å²) in [6.45, 7) is 6.64. The Labute approximate surface area is 247 Å². The SMILES string of the molecule is COc1ccc(OC)c(N(CC(=O)N(Cc2ccccc2F)[C@@H](C)C(=O)NCC(C)C)S(=O)(=O)c2ccc(C)cc2)c1. The zero-order valence-corrected chi connectivity index (χ0v) is 25.6. The van der Waals surface area contributed by atoms with Gasteiger partial charge in [-0.15, -0.1) is 0 Å². The van der Waals surface area contributed by atoms with Gasteiger partial charge in [0.2, 0.25) is 11.8 Å². The molecule has 1 atom stereocenters. The van der Waals surface area contributed by atoms with Crippen LogP contribution in [0.15, 0.2) is 71.6 Å². The van der Waals surface area contributed by atoms with E-state index in [9.17, 15) is 22.4 Å². The smallest absolute Gasteiger partial charge is 0.264 e. The maximum absolute atomic E-state index is 14.7. The van der Waals surface area contributed by atoms with E-state index in [-0.39, 0.29) is 34.4 Å². The van der Waals surface area contributed by atoms with E-state index >= 15 is 0 Å². The van der Waals surface area contributed by atoms with E-state index in [1.54, 1.807) is 24.3 Å². The molecule has 0 radical (unpaired) electrons.